The smallest absolute Gasteiger partial charge is 0.276 e. The van der Waals surface area contributed by atoms with Crippen LogP contribution in [0, 0.1) is 21.4 Å². The summed E-state index contributed by atoms with van der Waals surface area (Å²) in [6.07, 6.45) is 4.18. The lowest BCUT2D eigenvalue weighted by Gasteiger charge is -2.08. The Morgan fingerprint density at radius 1 is 1.23 bits per heavy atom. The Kier molecular flexibility index (Phi) is 6.23. The first-order chi connectivity index (χ1) is 12.6. The van der Waals surface area contributed by atoms with E-state index in [0.29, 0.717) is 17.0 Å². The van der Waals surface area contributed by atoms with Crippen molar-refractivity contribution < 1.29 is 14.5 Å². The molecule has 0 heterocycles. The Morgan fingerprint density at radius 3 is 2.62 bits per heavy atom. The Labute approximate surface area is 150 Å². The van der Waals surface area contributed by atoms with Crippen molar-refractivity contribution in [3.8, 4) is 11.8 Å². The predicted octanol–water partition coefficient (Wildman–Crippen LogP) is 3.71. The Bertz CT molecular complexity index is 926. The van der Waals surface area contributed by atoms with Crippen molar-refractivity contribution in [2.75, 3.05) is 12.4 Å². The third-order valence-electron chi connectivity index (χ3n) is 3.39. The van der Waals surface area contributed by atoms with Gasteiger partial charge in [0.15, 0.2) is 0 Å². The molecule has 0 bridgehead atoms. The highest BCUT2D eigenvalue weighted by Crippen LogP contribution is 2.23. The maximum atomic E-state index is 12.2. The number of hydrogen-bond donors (Lipinski definition) is 1. The minimum absolute atomic E-state index is 0.0610. The third-order valence-corrected chi connectivity index (χ3v) is 3.39. The van der Waals surface area contributed by atoms with Gasteiger partial charge in [0.25, 0.3) is 11.6 Å². The summed E-state index contributed by atoms with van der Waals surface area (Å²) >= 11 is 0. The maximum absolute atomic E-state index is 12.2. The Balaban J connectivity index is 2.19. The van der Waals surface area contributed by atoms with E-state index in [0.717, 1.165) is 0 Å². The molecule has 0 saturated heterocycles. The molecule has 1 amide bonds. The zero-order valence-electron chi connectivity index (χ0n) is 13.9. The van der Waals surface area contributed by atoms with Gasteiger partial charge in [-0.15, -0.1) is 0 Å². The molecule has 0 spiro atoms. The normalized spacial score (nSPS) is 11.0. The van der Waals surface area contributed by atoms with E-state index < -0.39 is 10.8 Å². The fraction of sp³-hybridized carbons (Fsp3) is 0.0526. The minimum Gasteiger partial charge on any atom is -0.495 e. The number of para-hydroxylation sites is 3. The van der Waals surface area contributed by atoms with Crippen molar-refractivity contribution in [1.82, 2.24) is 0 Å². The van der Waals surface area contributed by atoms with Gasteiger partial charge in [0.2, 0.25) is 0 Å². The van der Waals surface area contributed by atoms with Crippen LogP contribution in [-0.4, -0.2) is 17.9 Å². The van der Waals surface area contributed by atoms with Crippen LogP contribution in [0.3, 0.4) is 0 Å². The fourth-order valence-corrected chi connectivity index (χ4v) is 2.14. The molecule has 0 aliphatic heterocycles. The number of amides is 1. The standard InChI is InChI=1S/C19H15N3O4/c1-26-18-12-5-3-10-16(18)21-19(23)15(13-20)9-6-8-14-7-2-4-11-17(14)22(24)25/h2-12H,1H3,(H,21,23)/b8-6+,15-9+. The molecule has 2 aromatic rings. The molecule has 7 heteroatoms. The quantitative estimate of drug-likeness (QED) is 0.281. The van der Waals surface area contributed by atoms with E-state index in [1.165, 1.54) is 31.4 Å². The van der Waals surface area contributed by atoms with E-state index >= 15 is 0 Å². The molecule has 2 rings (SSSR count). The molecule has 0 saturated carbocycles. The van der Waals surface area contributed by atoms with Gasteiger partial charge in [-0.25, -0.2) is 0 Å². The van der Waals surface area contributed by atoms with E-state index in [1.807, 2.05) is 0 Å². The summed E-state index contributed by atoms with van der Waals surface area (Å²) in [6, 6.07) is 14.8. The first-order valence-electron chi connectivity index (χ1n) is 7.53. The first kappa shape index (κ1) is 18.4. The summed E-state index contributed by atoms with van der Waals surface area (Å²) in [6.45, 7) is 0. The zero-order valence-corrected chi connectivity index (χ0v) is 13.9. The van der Waals surface area contributed by atoms with Crippen LogP contribution in [0.5, 0.6) is 5.75 Å². The lowest BCUT2D eigenvalue weighted by molar-refractivity contribution is -0.385. The van der Waals surface area contributed by atoms with Crippen molar-refractivity contribution >= 4 is 23.4 Å². The van der Waals surface area contributed by atoms with Gasteiger partial charge < -0.3 is 10.1 Å². The summed E-state index contributed by atoms with van der Waals surface area (Å²) in [5, 5.41) is 22.8. The van der Waals surface area contributed by atoms with E-state index in [-0.39, 0.29) is 11.3 Å². The van der Waals surface area contributed by atoms with Crippen LogP contribution in [0.4, 0.5) is 11.4 Å². The molecule has 0 aliphatic carbocycles. The molecule has 1 N–H and O–H groups in total. The maximum Gasteiger partial charge on any atom is 0.276 e. The van der Waals surface area contributed by atoms with E-state index in [4.69, 9.17) is 4.74 Å². The summed E-state index contributed by atoms with van der Waals surface area (Å²) < 4.78 is 5.14. The van der Waals surface area contributed by atoms with Crippen LogP contribution in [0.25, 0.3) is 6.08 Å². The monoisotopic (exact) mass is 349 g/mol. The molecule has 0 radical (unpaired) electrons. The SMILES string of the molecule is COc1ccccc1NC(=O)/C(C#N)=C/C=C/c1ccccc1[N+](=O)[O-]. The second kappa shape index (κ2) is 8.80. The molecule has 0 fully saturated rings. The van der Waals surface area contributed by atoms with Crippen LogP contribution in [0.1, 0.15) is 5.56 Å². The van der Waals surface area contributed by atoms with Gasteiger partial charge in [-0.1, -0.05) is 30.3 Å². The highest BCUT2D eigenvalue weighted by Gasteiger charge is 2.12. The number of nitrogens with one attached hydrogen (secondary N) is 1. The number of nitriles is 1. The van der Waals surface area contributed by atoms with Gasteiger partial charge in [0.1, 0.15) is 17.4 Å². The third kappa shape index (κ3) is 4.55. The second-order valence-electron chi connectivity index (χ2n) is 5.02. The number of rotatable bonds is 6. The van der Waals surface area contributed by atoms with E-state index in [1.54, 1.807) is 48.5 Å². The van der Waals surface area contributed by atoms with Crippen molar-refractivity contribution in [2.45, 2.75) is 0 Å². The Hall–Kier alpha value is -3.92. The van der Waals surface area contributed by atoms with E-state index in [9.17, 15) is 20.2 Å². The summed E-state index contributed by atoms with van der Waals surface area (Å²) in [5.41, 5.74) is 0.597. The van der Waals surface area contributed by atoms with Gasteiger partial charge in [0.05, 0.1) is 23.3 Å². The number of nitrogens with zero attached hydrogens (tertiary/aromatic N) is 2. The molecule has 2 aromatic carbocycles. The van der Waals surface area contributed by atoms with Gasteiger partial charge in [-0.05, 0) is 30.4 Å². The minimum atomic E-state index is -0.607. The summed E-state index contributed by atoms with van der Waals surface area (Å²) in [7, 11) is 1.47. The van der Waals surface area contributed by atoms with Crippen LogP contribution < -0.4 is 10.1 Å². The molecule has 7 nitrogen and oxygen atoms in total. The highest BCUT2D eigenvalue weighted by atomic mass is 16.6. The number of nitro groups is 1. The molecule has 0 aliphatic rings. The van der Waals surface area contributed by atoms with E-state index in [2.05, 4.69) is 5.32 Å². The largest absolute Gasteiger partial charge is 0.495 e. The number of carbonyl (C=O) groups is 1. The van der Waals surface area contributed by atoms with Crippen molar-refractivity contribution in [3.05, 3.63) is 81.9 Å². The number of carbonyl (C=O) groups excluding carboxylic acids is 1. The number of nitro benzene ring substituents is 1. The molecule has 26 heavy (non-hydrogen) atoms. The number of benzene rings is 2. The summed E-state index contributed by atoms with van der Waals surface area (Å²) in [4.78, 5) is 22.7. The van der Waals surface area contributed by atoms with Crippen molar-refractivity contribution in [1.29, 1.82) is 5.26 Å². The fourth-order valence-electron chi connectivity index (χ4n) is 2.14. The zero-order chi connectivity index (χ0) is 18.9. The van der Waals surface area contributed by atoms with Gasteiger partial charge in [-0.3, -0.25) is 14.9 Å². The van der Waals surface area contributed by atoms with Gasteiger partial charge in [0, 0.05) is 6.07 Å². The molecule has 0 unspecified atom stereocenters. The highest BCUT2D eigenvalue weighted by molar-refractivity contribution is 6.07. The molecular weight excluding hydrogens is 334 g/mol. The number of hydrogen-bond acceptors (Lipinski definition) is 5. The average Bonchev–Trinajstić information content (AvgIpc) is 2.65. The predicted molar refractivity (Wildman–Crippen MR) is 97.5 cm³/mol. The van der Waals surface area contributed by atoms with Crippen molar-refractivity contribution in [2.24, 2.45) is 0 Å². The average molecular weight is 349 g/mol. The lowest BCUT2D eigenvalue weighted by atomic mass is 10.1. The van der Waals surface area contributed by atoms with Gasteiger partial charge >= 0.3 is 0 Å². The number of methoxy groups -OCH3 is 1. The van der Waals surface area contributed by atoms with Crippen LogP contribution in [-0.2, 0) is 4.79 Å². The molecule has 0 aromatic heterocycles. The second-order valence-corrected chi connectivity index (χ2v) is 5.02. The lowest BCUT2D eigenvalue weighted by Crippen LogP contribution is -2.14. The molecule has 130 valence electrons. The van der Waals surface area contributed by atoms with Crippen LogP contribution in [0.15, 0.2) is 66.3 Å². The van der Waals surface area contributed by atoms with Crippen LogP contribution in [0.2, 0.25) is 0 Å². The summed E-state index contributed by atoms with van der Waals surface area (Å²) in [5.74, 6) is -0.141. The van der Waals surface area contributed by atoms with Gasteiger partial charge in [-0.2, -0.15) is 5.26 Å². The first-order valence-corrected chi connectivity index (χ1v) is 7.53. The molecule has 0 atom stereocenters. The Morgan fingerprint density at radius 2 is 1.92 bits per heavy atom. The number of allylic oxidation sites excluding steroid dienone is 2. The topological polar surface area (TPSA) is 105 Å². The van der Waals surface area contributed by atoms with Crippen LogP contribution >= 0.6 is 0 Å². The van der Waals surface area contributed by atoms with Crippen molar-refractivity contribution in [3.63, 3.8) is 0 Å². The molecular formula is C19H15N3O4. The number of anilines is 1. The number of ether oxygens (including phenoxy) is 1.